The monoisotopic (exact) mass is 596 g/mol. The topological polar surface area (TPSA) is 106 Å². The van der Waals surface area contributed by atoms with Gasteiger partial charge in [-0.05, 0) is 47.5 Å². The normalized spacial score (nSPS) is 12.0. The number of sulfone groups is 1. The van der Waals surface area contributed by atoms with Crippen LogP contribution in [0.1, 0.15) is 16.9 Å². The zero-order chi connectivity index (χ0) is 29.7. The third-order valence-electron chi connectivity index (χ3n) is 6.41. The summed E-state index contributed by atoms with van der Waals surface area (Å²) in [7, 11) is -3.09. The fourth-order valence-corrected chi connectivity index (χ4v) is 4.86. The van der Waals surface area contributed by atoms with Crippen molar-refractivity contribution in [3.63, 3.8) is 0 Å². The molecular weight excluding hydrogens is 569 g/mol. The highest BCUT2D eigenvalue weighted by Gasteiger charge is 2.35. The lowest BCUT2D eigenvalue weighted by molar-refractivity contribution is -0.139. The maximum atomic E-state index is 14.0. The van der Waals surface area contributed by atoms with Gasteiger partial charge in [-0.3, -0.25) is 0 Å². The van der Waals surface area contributed by atoms with Crippen LogP contribution in [0.3, 0.4) is 0 Å². The Balaban J connectivity index is 1.39. The molecule has 0 aliphatic rings. The average molecular weight is 597 g/mol. The number of hydrogen-bond donors (Lipinski definition) is 2. The summed E-state index contributed by atoms with van der Waals surface area (Å²) in [4.78, 5) is 8.59. The van der Waals surface area contributed by atoms with Crippen molar-refractivity contribution in [2.45, 2.75) is 19.3 Å². The highest BCUT2D eigenvalue weighted by Crippen LogP contribution is 2.39. The van der Waals surface area contributed by atoms with E-state index in [1.807, 2.05) is 18.2 Å². The molecule has 5 aromatic rings. The van der Waals surface area contributed by atoms with Crippen LogP contribution in [0.2, 0.25) is 0 Å². The van der Waals surface area contributed by atoms with Crippen LogP contribution in [0.25, 0.3) is 22.0 Å². The number of alkyl halides is 3. The Hall–Kier alpha value is -4.42. The van der Waals surface area contributed by atoms with Crippen LogP contribution in [0.4, 0.5) is 24.7 Å². The number of fused-ring (bicyclic) bond motifs is 1. The van der Waals surface area contributed by atoms with Crippen molar-refractivity contribution < 1.29 is 30.7 Å². The van der Waals surface area contributed by atoms with Gasteiger partial charge < -0.3 is 19.8 Å². The Morgan fingerprint density at radius 2 is 1.79 bits per heavy atom. The maximum absolute atomic E-state index is 14.0. The number of hydrogen-bond acceptors (Lipinski definition) is 8. The van der Waals surface area contributed by atoms with Gasteiger partial charge in [0.15, 0.2) is 0 Å². The second-order valence-electron chi connectivity index (χ2n) is 9.63. The van der Waals surface area contributed by atoms with Crippen molar-refractivity contribution in [3.8, 4) is 16.9 Å². The molecule has 0 bridgehead atoms. The van der Waals surface area contributed by atoms with E-state index in [0.29, 0.717) is 29.0 Å². The molecule has 218 valence electrons. The minimum absolute atomic E-state index is 0.000750. The molecule has 8 nitrogen and oxygen atoms in total. The molecule has 3 aromatic carbocycles. The molecule has 2 heterocycles. The lowest BCUT2D eigenvalue weighted by Crippen LogP contribution is -2.21. The number of anilines is 2. The minimum atomic E-state index is -4.64. The van der Waals surface area contributed by atoms with Crippen molar-refractivity contribution in [1.29, 1.82) is 0 Å². The lowest BCUT2D eigenvalue weighted by Gasteiger charge is -2.16. The Morgan fingerprint density at radius 3 is 2.55 bits per heavy atom. The quantitative estimate of drug-likeness (QED) is 0.170. The summed E-state index contributed by atoms with van der Waals surface area (Å²) in [6.07, 6.45) is -0.597. The van der Waals surface area contributed by atoms with Gasteiger partial charge in [-0.1, -0.05) is 36.4 Å². The second-order valence-corrected chi connectivity index (χ2v) is 11.9. The van der Waals surface area contributed by atoms with Crippen molar-refractivity contribution >= 4 is 32.2 Å². The summed E-state index contributed by atoms with van der Waals surface area (Å²) < 4.78 is 75.9. The smallest absolute Gasteiger partial charge is 0.420 e. The van der Waals surface area contributed by atoms with Gasteiger partial charge in [0, 0.05) is 29.4 Å². The van der Waals surface area contributed by atoms with Gasteiger partial charge in [0.2, 0.25) is 0 Å². The van der Waals surface area contributed by atoms with E-state index < -0.39 is 21.6 Å². The summed E-state index contributed by atoms with van der Waals surface area (Å²) in [6, 6.07) is 20.0. The van der Waals surface area contributed by atoms with Gasteiger partial charge in [0.1, 0.15) is 40.1 Å². The van der Waals surface area contributed by atoms with E-state index in [9.17, 15) is 21.6 Å². The third-order valence-corrected chi connectivity index (χ3v) is 7.36. The molecule has 0 spiro atoms. The minimum Gasteiger partial charge on any atom is -0.488 e. The fraction of sp³-hybridized carbons (Fsp3) is 0.200. The van der Waals surface area contributed by atoms with Crippen LogP contribution in [-0.2, 0) is 29.2 Å². The Kier molecular flexibility index (Phi) is 8.46. The standard InChI is InChI=1S/C30H27F3N4O4S/c1-42(38,39)14-12-34-17-28-23(11-13-40-28)21-7-9-26-24(15-21)29(36-19-35-26)37-22-8-10-27(25(16-22)30(31,32)33)41-18-20-5-3-2-4-6-20/h2-11,13,15-16,19,34H,12,14,17-18H2,1H3,(H,35,36,37). The van der Waals surface area contributed by atoms with Gasteiger partial charge in [0.05, 0.1) is 29.6 Å². The van der Waals surface area contributed by atoms with Gasteiger partial charge in [0.25, 0.3) is 0 Å². The number of benzene rings is 3. The van der Waals surface area contributed by atoms with Crippen LogP contribution >= 0.6 is 0 Å². The van der Waals surface area contributed by atoms with E-state index in [1.165, 1.54) is 31.0 Å². The molecule has 12 heteroatoms. The van der Waals surface area contributed by atoms with E-state index in [1.54, 1.807) is 36.4 Å². The van der Waals surface area contributed by atoms with E-state index in [2.05, 4.69) is 20.6 Å². The first-order valence-electron chi connectivity index (χ1n) is 12.9. The summed E-state index contributed by atoms with van der Waals surface area (Å²) >= 11 is 0. The van der Waals surface area contributed by atoms with Gasteiger partial charge >= 0.3 is 6.18 Å². The molecule has 5 rings (SSSR count). The first-order chi connectivity index (χ1) is 20.1. The molecule has 0 amide bonds. The summed E-state index contributed by atoms with van der Waals surface area (Å²) in [5.41, 5.74) is 2.16. The van der Waals surface area contributed by atoms with Crippen molar-refractivity contribution in [1.82, 2.24) is 15.3 Å². The van der Waals surface area contributed by atoms with E-state index in [0.717, 1.165) is 22.8 Å². The van der Waals surface area contributed by atoms with Gasteiger partial charge in [-0.2, -0.15) is 13.2 Å². The Labute approximate surface area is 240 Å². The summed E-state index contributed by atoms with van der Waals surface area (Å²) in [5.74, 6) is 0.658. The molecule has 0 aliphatic carbocycles. The van der Waals surface area contributed by atoms with E-state index in [-0.39, 0.29) is 30.3 Å². The van der Waals surface area contributed by atoms with Gasteiger partial charge in [-0.25, -0.2) is 18.4 Å². The number of nitrogens with one attached hydrogen (secondary N) is 2. The Morgan fingerprint density at radius 1 is 0.976 bits per heavy atom. The molecular formula is C30H27F3N4O4S. The summed E-state index contributed by atoms with van der Waals surface area (Å²) in [5, 5.41) is 6.66. The zero-order valence-electron chi connectivity index (χ0n) is 22.5. The fourth-order valence-electron chi connectivity index (χ4n) is 4.35. The largest absolute Gasteiger partial charge is 0.488 e. The van der Waals surface area contributed by atoms with E-state index >= 15 is 0 Å². The average Bonchev–Trinajstić information content (AvgIpc) is 3.43. The van der Waals surface area contributed by atoms with Crippen molar-refractivity contribution in [2.75, 3.05) is 23.9 Å². The molecule has 0 aliphatic heterocycles. The predicted molar refractivity (Wildman–Crippen MR) is 154 cm³/mol. The molecule has 0 unspecified atom stereocenters. The van der Waals surface area contributed by atoms with Crippen LogP contribution in [0, 0.1) is 0 Å². The molecule has 0 radical (unpaired) electrons. The first-order valence-corrected chi connectivity index (χ1v) is 15.0. The molecule has 0 saturated heterocycles. The van der Waals surface area contributed by atoms with Crippen molar-refractivity contribution in [3.05, 3.63) is 102 Å². The van der Waals surface area contributed by atoms with Crippen LogP contribution < -0.4 is 15.4 Å². The van der Waals surface area contributed by atoms with Crippen molar-refractivity contribution in [2.24, 2.45) is 0 Å². The first kappa shape index (κ1) is 29.1. The highest BCUT2D eigenvalue weighted by atomic mass is 32.2. The lowest BCUT2D eigenvalue weighted by atomic mass is 10.0. The van der Waals surface area contributed by atoms with E-state index in [4.69, 9.17) is 9.15 Å². The second kappa shape index (κ2) is 12.2. The SMILES string of the molecule is CS(=O)(=O)CCNCc1occc1-c1ccc2ncnc(Nc3ccc(OCc4ccccc4)c(C(F)(F)F)c3)c2c1. The molecule has 2 aromatic heterocycles. The number of furan rings is 1. The number of ether oxygens (including phenoxy) is 1. The van der Waals surface area contributed by atoms with Crippen LogP contribution in [0.5, 0.6) is 5.75 Å². The zero-order valence-corrected chi connectivity index (χ0v) is 23.3. The Bertz CT molecular complexity index is 1790. The number of halogens is 3. The van der Waals surface area contributed by atoms with Gasteiger partial charge in [-0.15, -0.1) is 0 Å². The number of nitrogens with zero attached hydrogens (tertiary/aromatic N) is 2. The highest BCUT2D eigenvalue weighted by molar-refractivity contribution is 7.90. The molecule has 2 N–H and O–H groups in total. The number of aromatic nitrogens is 2. The molecule has 0 fully saturated rings. The maximum Gasteiger partial charge on any atom is 0.420 e. The third kappa shape index (κ3) is 7.25. The molecule has 0 atom stereocenters. The van der Waals surface area contributed by atoms with Crippen LogP contribution in [-0.4, -0.2) is 36.9 Å². The van der Waals surface area contributed by atoms with Crippen LogP contribution in [0.15, 0.2) is 89.8 Å². The predicted octanol–water partition coefficient (Wildman–Crippen LogP) is 6.37. The number of rotatable bonds is 11. The summed E-state index contributed by atoms with van der Waals surface area (Å²) in [6.45, 7) is 0.582. The molecule has 0 saturated carbocycles. The molecule has 42 heavy (non-hydrogen) atoms.